The molecule has 0 unspecified atom stereocenters. The Morgan fingerprint density at radius 1 is 1.50 bits per heavy atom. The number of ether oxygens (including phenoxy) is 1. The molecule has 7 nitrogen and oxygen atoms in total. The van der Waals surface area contributed by atoms with E-state index in [1.165, 1.54) is 6.20 Å². The van der Waals surface area contributed by atoms with Gasteiger partial charge >= 0.3 is 12.1 Å². The van der Waals surface area contributed by atoms with Gasteiger partial charge in [-0.05, 0) is 20.8 Å². The van der Waals surface area contributed by atoms with Gasteiger partial charge < -0.3 is 15.6 Å². The molecule has 0 aliphatic carbocycles. The van der Waals surface area contributed by atoms with Crippen molar-refractivity contribution >= 4 is 18.0 Å². The van der Waals surface area contributed by atoms with Crippen molar-refractivity contribution in [3.63, 3.8) is 0 Å². The topological polar surface area (TPSA) is 107 Å². The summed E-state index contributed by atoms with van der Waals surface area (Å²) in [4.78, 5) is 26.1. The first-order valence-electron chi connectivity index (χ1n) is 5.48. The normalized spacial score (nSPS) is 11.3. The van der Waals surface area contributed by atoms with E-state index in [4.69, 9.17) is 15.6 Å². The number of aliphatic carboxylic acids is 1. The number of nitrogens with two attached hydrogens (primary N) is 1. The Labute approximate surface area is 105 Å². The lowest BCUT2D eigenvalue weighted by Gasteiger charge is -2.19. The number of carbonyl (C=O) groups excluding carboxylic acids is 1. The fourth-order valence-corrected chi connectivity index (χ4v) is 1.26. The van der Waals surface area contributed by atoms with Crippen LogP contribution in [0, 0.1) is 0 Å². The maximum Gasteiger partial charge on any atom is 0.421 e. The molecule has 18 heavy (non-hydrogen) atoms. The summed E-state index contributed by atoms with van der Waals surface area (Å²) in [7, 11) is 0. The monoisotopic (exact) mass is 255 g/mol. The van der Waals surface area contributed by atoms with Gasteiger partial charge in [-0.2, -0.15) is 0 Å². The summed E-state index contributed by atoms with van der Waals surface area (Å²) in [6.07, 6.45) is 0.918. The molecule has 0 amide bonds. The zero-order valence-corrected chi connectivity index (χ0v) is 10.6. The van der Waals surface area contributed by atoms with Gasteiger partial charge in [0.2, 0.25) is 5.95 Å². The first-order valence-corrected chi connectivity index (χ1v) is 5.48. The van der Waals surface area contributed by atoms with Crippen LogP contribution in [0.15, 0.2) is 6.20 Å². The van der Waals surface area contributed by atoms with Crippen molar-refractivity contribution < 1.29 is 19.4 Å². The van der Waals surface area contributed by atoms with Crippen molar-refractivity contribution in [3.05, 3.63) is 11.9 Å². The Hall–Kier alpha value is -2.05. The van der Waals surface area contributed by atoms with Gasteiger partial charge in [0.1, 0.15) is 5.60 Å². The van der Waals surface area contributed by atoms with Crippen molar-refractivity contribution in [1.82, 2.24) is 9.55 Å². The summed E-state index contributed by atoms with van der Waals surface area (Å²) in [5.41, 5.74) is 5.39. The number of hydrogen-bond donors (Lipinski definition) is 2. The minimum Gasteiger partial charge on any atom is -0.481 e. The number of aromatic nitrogens is 2. The first-order chi connectivity index (χ1) is 8.19. The number of carboxylic acid groups (broad SMARTS) is 1. The summed E-state index contributed by atoms with van der Waals surface area (Å²) in [6.45, 7) is 5.22. The predicted molar refractivity (Wildman–Crippen MR) is 64.2 cm³/mol. The molecule has 1 aromatic rings. The number of carbonyl (C=O) groups is 2. The summed E-state index contributed by atoms with van der Waals surface area (Å²) >= 11 is 0. The smallest absolute Gasteiger partial charge is 0.421 e. The molecule has 1 rings (SSSR count). The number of rotatable bonds is 3. The van der Waals surface area contributed by atoms with Crippen LogP contribution in [0.4, 0.5) is 10.7 Å². The van der Waals surface area contributed by atoms with Crippen LogP contribution in [0.1, 0.15) is 32.9 Å². The van der Waals surface area contributed by atoms with Crippen molar-refractivity contribution in [1.29, 1.82) is 0 Å². The van der Waals surface area contributed by atoms with Gasteiger partial charge in [0.05, 0.1) is 12.1 Å². The fraction of sp³-hybridized carbons (Fsp3) is 0.545. The van der Waals surface area contributed by atoms with E-state index in [0.717, 1.165) is 4.57 Å². The molecular formula is C11H17N3O4. The quantitative estimate of drug-likeness (QED) is 0.842. The minimum atomic E-state index is -0.930. The second kappa shape index (κ2) is 5.07. The SMILES string of the molecule is CC(C)(C)OC(=O)n1cc(CCC(=O)O)nc1N. The molecule has 0 aliphatic heterocycles. The molecule has 0 aromatic carbocycles. The van der Waals surface area contributed by atoms with Gasteiger partial charge in [0.15, 0.2) is 0 Å². The lowest BCUT2D eigenvalue weighted by atomic mass is 10.2. The number of carboxylic acids is 1. The van der Waals surface area contributed by atoms with E-state index >= 15 is 0 Å². The van der Waals surface area contributed by atoms with Crippen LogP contribution in [0.5, 0.6) is 0 Å². The van der Waals surface area contributed by atoms with Crippen LogP contribution < -0.4 is 5.73 Å². The molecule has 0 radical (unpaired) electrons. The number of hydrogen-bond acceptors (Lipinski definition) is 5. The highest BCUT2D eigenvalue weighted by Crippen LogP contribution is 2.13. The van der Waals surface area contributed by atoms with Crippen LogP contribution in [-0.2, 0) is 16.0 Å². The highest BCUT2D eigenvalue weighted by molar-refractivity contribution is 5.74. The fourth-order valence-electron chi connectivity index (χ4n) is 1.26. The Morgan fingerprint density at radius 2 is 2.11 bits per heavy atom. The molecule has 0 fully saturated rings. The maximum atomic E-state index is 11.7. The Morgan fingerprint density at radius 3 is 2.61 bits per heavy atom. The van der Waals surface area contributed by atoms with Gasteiger partial charge in [-0.25, -0.2) is 14.3 Å². The molecule has 0 saturated heterocycles. The van der Waals surface area contributed by atoms with E-state index in [2.05, 4.69) is 4.98 Å². The molecule has 1 aromatic heterocycles. The summed E-state index contributed by atoms with van der Waals surface area (Å²) in [6, 6.07) is 0. The van der Waals surface area contributed by atoms with Crippen molar-refractivity contribution in [2.24, 2.45) is 0 Å². The lowest BCUT2D eigenvalue weighted by molar-refractivity contribution is -0.136. The number of nitrogens with zero attached hydrogens (tertiary/aromatic N) is 2. The van der Waals surface area contributed by atoms with Crippen LogP contribution in [0.25, 0.3) is 0 Å². The van der Waals surface area contributed by atoms with Gasteiger partial charge in [-0.15, -0.1) is 0 Å². The lowest BCUT2D eigenvalue weighted by Crippen LogP contribution is -2.27. The van der Waals surface area contributed by atoms with E-state index in [1.807, 2.05) is 0 Å². The van der Waals surface area contributed by atoms with Crippen LogP contribution in [0.3, 0.4) is 0 Å². The Kier molecular flexibility index (Phi) is 3.95. The second-order valence-corrected chi connectivity index (χ2v) is 4.83. The predicted octanol–water partition coefficient (Wildman–Crippen LogP) is 1.27. The Balaban J connectivity index is 2.78. The number of anilines is 1. The van der Waals surface area contributed by atoms with Crippen molar-refractivity contribution in [2.45, 2.75) is 39.2 Å². The third-order valence-electron chi connectivity index (χ3n) is 1.97. The molecule has 0 aliphatic rings. The molecule has 7 heteroatoms. The average Bonchev–Trinajstić information content (AvgIpc) is 2.54. The molecule has 0 atom stereocenters. The highest BCUT2D eigenvalue weighted by Gasteiger charge is 2.20. The van der Waals surface area contributed by atoms with Crippen molar-refractivity contribution in [3.8, 4) is 0 Å². The molecule has 0 bridgehead atoms. The van der Waals surface area contributed by atoms with E-state index in [0.29, 0.717) is 5.69 Å². The molecule has 0 spiro atoms. The standard InChI is InChI=1S/C11H17N3O4/c1-11(2,3)18-10(17)14-6-7(13-9(14)12)4-5-8(15)16/h6H,4-5H2,1-3H3,(H2,12,13)(H,15,16). The van der Waals surface area contributed by atoms with Gasteiger partial charge in [-0.3, -0.25) is 4.79 Å². The zero-order valence-electron chi connectivity index (χ0n) is 10.6. The van der Waals surface area contributed by atoms with Crippen molar-refractivity contribution in [2.75, 3.05) is 5.73 Å². The number of aryl methyl sites for hydroxylation is 1. The van der Waals surface area contributed by atoms with Gasteiger partial charge in [-0.1, -0.05) is 0 Å². The highest BCUT2D eigenvalue weighted by atomic mass is 16.6. The Bertz CT molecular complexity index is 459. The summed E-state index contributed by atoms with van der Waals surface area (Å²) < 4.78 is 6.20. The van der Waals surface area contributed by atoms with E-state index < -0.39 is 17.7 Å². The van der Waals surface area contributed by atoms with E-state index in [1.54, 1.807) is 20.8 Å². The van der Waals surface area contributed by atoms with Crippen LogP contribution in [0.2, 0.25) is 0 Å². The number of imidazole rings is 1. The third-order valence-corrected chi connectivity index (χ3v) is 1.97. The molecule has 3 N–H and O–H groups in total. The zero-order chi connectivity index (χ0) is 13.9. The van der Waals surface area contributed by atoms with Crippen LogP contribution >= 0.6 is 0 Å². The van der Waals surface area contributed by atoms with Gasteiger partial charge in [0, 0.05) is 12.6 Å². The summed E-state index contributed by atoms with van der Waals surface area (Å²) in [5.74, 6) is -0.940. The van der Waals surface area contributed by atoms with Gasteiger partial charge in [0.25, 0.3) is 0 Å². The van der Waals surface area contributed by atoms with E-state index in [-0.39, 0.29) is 18.8 Å². The molecule has 0 saturated carbocycles. The molecule has 1 heterocycles. The summed E-state index contributed by atoms with van der Waals surface area (Å²) in [5, 5.41) is 8.56. The first kappa shape index (κ1) is 14.0. The number of nitrogen functional groups attached to an aromatic ring is 1. The molecular weight excluding hydrogens is 238 g/mol. The maximum absolute atomic E-state index is 11.7. The second-order valence-electron chi connectivity index (χ2n) is 4.83. The average molecular weight is 255 g/mol. The molecule has 100 valence electrons. The van der Waals surface area contributed by atoms with Crippen LogP contribution in [-0.4, -0.2) is 32.3 Å². The third kappa shape index (κ3) is 4.08. The minimum absolute atomic E-state index is 0.00959. The largest absolute Gasteiger partial charge is 0.481 e. The van der Waals surface area contributed by atoms with E-state index in [9.17, 15) is 9.59 Å².